The zero-order valence-corrected chi connectivity index (χ0v) is 14.1. The third-order valence-corrected chi connectivity index (χ3v) is 4.51. The van der Waals surface area contributed by atoms with Crippen LogP contribution in [0.25, 0.3) is 0 Å². The highest BCUT2D eigenvalue weighted by atomic mass is 19.1. The van der Waals surface area contributed by atoms with Gasteiger partial charge in [0, 0.05) is 32.4 Å². The highest BCUT2D eigenvalue weighted by molar-refractivity contribution is 5.90. The first kappa shape index (κ1) is 17.4. The quantitative estimate of drug-likeness (QED) is 0.876. The topological polar surface area (TPSA) is 44.4 Å². The summed E-state index contributed by atoms with van der Waals surface area (Å²) in [7, 11) is 1.59. The first-order valence-electron chi connectivity index (χ1n) is 8.23. The fraction of sp³-hybridized carbons (Fsp3) is 0.316. The number of anilines is 1. The van der Waals surface area contributed by atoms with Crippen LogP contribution < -0.4 is 10.6 Å². The summed E-state index contributed by atoms with van der Waals surface area (Å²) < 4.78 is 26.8. The minimum atomic E-state index is -0.837. The number of benzene rings is 2. The van der Waals surface area contributed by atoms with Gasteiger partial charge in [0.2, 0.25) is 5.91 Å². The molecule has 1 atom stereocenters. The van der Waals surface area contributed by atoms with E-state index in [1.165, 1.54) is 24.3 Å². The van der Waals surface area contributed by atoms with Gasteiger partial charge in [0.05, 0.1) is 0 Å². The lowest BCUT2D eigenvalue weighted by atomic mass is 9.96. The molecule has 1 aliphatic rings. The van der Waals surface area contributed by atoms with Crippen molar-refractivity contribution in [2.75, 3.05) is 25.5 Å². The zero-order valence-electron chi connectivity index (χ0n) is 14.1. The van der Waals surface area contributed by atoms with Crippen LogP contribution in [0.2, 0.25) is 0 Å². The van der Waals surface area contributed by atoms with E-state index >= 15 is 0 Å². The summed E-state index contributed by atoms with van der Waals surface area (Å²) in [4.78, 5) is 14.6. The van der Waals surface area contributed by atoms with Gasteiger partial charge in [0.25, 0.3) is 0 Å². The number of carbonyl (C=O) groups is 1. The maximum Gasteiger partial charge on any atom is 0.246 e. The van der Waals surface area contributed by atoms with Gasteiger partial charge in [0.1, 0.15) is 17.2 Å². The Labute approximate surface area is 145 Å². The van der Waals surface area contributed by atoms with Gasteiger partial charge in [0.15, 0.2) is 0 Å². The number of likely N-dealkylation sites (N-methyl/N-ethyl adjacent to an activating group) is 1. The number of amides is 1. The molecule has 1 fully saturated rings. The van der Waals surface area contributed by atoms with Crippen molar-refractivity contribution in [2.45, 2.75) is 18.5 Å². The predicted octanol–water partition coefficient (Wildman–Crippen LogP) is 2.77. The average Bonchev–Trinajstić information content (AvgIpc) is 2.98. The summed E-state index contributed by atoms with van der Waals surface area (Å²) in [6.07, 6.45) is 0.582. The van der Waals surface area contributed by atoms with Crippen molar-refractivity contribution >= 4 is 11.6 Å². The van der Waals surface area contributed by atoms with E-state index in [9.17, 15) is 13.6 Å². The highest BCUT2D eigenvalue weighted by Crippen LogP contribution is 2.28. The molecule has 1 saturated heterocycles. The molecule has 0 aromatic heterocycles. The number of hydrogen-bond acceptors (Lipinski definition) is 3. The Kier molecular flexibility index (Phi) is 4.99. The van der Waals surface area contributed by atoms with E-state index in [1.54, 1.807) is 25.2 Å². The number of hydrogen-bond donors (Lipinski definition) is 2. The molecular formula is C19H21F2N3O. The number of nitrogens with zero attached hydrogens (tertiary/aromatic N) is 1. The smallest absolute Gasteiger partial charge is 0.246 e. The summed E-state index contributed by atoms with van der Waals surface area (Å²) in [6, 6.07) is 12.5. The fourth-order valence-corrected chi connectivity index (χ4v) is 3.34. The summed E-state index contributed by atoms with van der Waals surface area (Å²) in [5.41, 5.74) is 0.588. The number of rotatable bonds is 5. The molecule has 0 aliphatic carbocycles. The van der Waals surface area contributed by atoms with E-state index in [1.807, 2.05) is 6.07 Å². The van der Waals surface area contributed by atoms with Gasteiger partial charge in [-0.05, 0) is 42.3 Å². The molecule has 1 amide bonds. The average molecular weight is 345 g/mol. The van der Waals surface area contributed by atoms with E-state index < -0.39 is 5.54 Å². The monoisotopic (exact) mass is 345 g/mol. The van der Waals surface area contributed by atoms with Crippen LogP contribution in [-0.4, -0.2) is 36.5 Å². The number of likely N-dealkylation sites (tertiary alicyclic amines) is 1. The van der Waals surface area contributed by atoms with Gasteiger partial charge in [-0.15, -0.1) is 0 Å². The third kappa shape index (κ3) is 3.96. The number of halogens is 2. The van der Waals surface area contributed by atoms with E-state index in [0.717, 1.165) is 5.56 Å². The van der Waals surface area contributed by atoms with Crippen LogP contribution in [0.1, 0.15) is 12.0 Å². The summed E-state index contributed by atoms with van der Waals surface area (Å²) >= 11 is 0. The molecule has 2 N–H and O–H groups in total. The van der Waals surface area contributed by atoms with Gasteiger partial charge in [-0.25, -0.2) is 8.78 Å². The predicted molar refractivity (Wildman–Crippen MR) is 93.1 cm³/mol. The molecule has 1 aliphatic heterocycles. The number of nitrogens with one attached hydrogen (secondary N) is 2. The first-order chi connectivity index (χ1) is 12.0. The summed E-state index contributed by atoms with van der Waals surface area (Å²) in [6.45, 7) is 1.70. The molecule has 2 aromatic carbocycles. The van der Waals surface area contributed by atoms with Crippen LogP contribution in [0.15, 0.2) is 48.5 Å². The van der Waals surface area contributed by atoms with E-state index in [2.05, 4.69) is 15.5 Å². The van der Waals surface area contributed by atoms with Gasteiger partial charge in [-0.2, -0.15) is 0 Å². The van der Waals surface area contributed by atoms with Crippen LogP contribution in [0.5, 0.6) is 0 Å². The highest BCUT2D eigenvalue weighted by Gasteiger charge is 2.44. The van der Waals surface area contributed by atoms with Crippen molar-refractivity contribution in [3.05, 3.63) is 65.7 Å². The molecule has 0 radical (unpaired) electrons. The Morgan fingerprint density at radius 1 is 1.16 bits per heavy atom. The van der Waals surface area contributed by atoms with Gasteiger partial charge in [-0.1, -0.05) is 18.2 Å². The van der Waals surface area contributed by atoms with Gasteiger partial charge < -0.3 is 10.6 Å². The molecule has 3 rings (SSSR count). The lowest BCUT2D eigenvalue weighted by molar-refractivity contribution is -0.124. The van der Waals surface area contributed by atoms with E-state index in [4.69, 9.17) is 0 Å². The molecule has 4 nitrogen and oxygen atoms in total. The van der Waals surface area contributed by atoms with Crippen LogP contribution in [0.4, 0.5) is 14.5 Å². The molecule has 0 bridgehead atoms. The first-order valence-corrected chi connectivity index (χ1v) is 8.23. The second-order valence-electron chi connectivity index (χ2n) is 6.39. The third-order valence-electron chi connectivity index (χ3n) is 4.51. The van der Waals surface area contributed by atoms with Crippen LogP contribution in [0, 0.1) is 11.6 Å². The second-order valence-corrected chi connectivity index (χ2v) is 6.39. The van der Waals surface area contributed by atoms with Crippen LogP contribution >= 0.6 is 0 Å². The number of carbonyl (C=O) groups excluding carboxylic acids is 1. The molecule has 25 heavy (non-hydrogen) atoms. The molecule has 6 heteroatoms. The van der Waals surface area contributed by atoms with E-state index in [-0.39, 0.29) is 17.5 Å². The lowest BCUT2D eigenvalue weighted by Crippen LogP contribution is -2.53. The molecule has 132 valence electrons. The Balaban J connectivity index is 1.77. The Hall–Kier alpha value is -2.47. The molecule has 2 aromatic rings. The molecule has 0 saturated carbocycles. The van der Waals surface area contributed by atoms with Crippen molar-refractivity contribution in [3.63, 3.8) is 0 Å². The molecular weight excluding hydrogens is 324 g/mol. The Morgan fingerprint density at radius 2 is 1.88 bits per heavy atom. The second kappa shape index (κ2) is 7.19. The van der Waals surface area contributed by atoms with Gasteiger partial charge in [-0.3, -0.25) is 9.69 Å². The lowest BCUT2D eigenvalue weighted by Gasteiger charge is -2.30. The minimum absolute atomic E-state index is 0.140. The zero-order chi connectivity index (χ0) is 17.9. The standard InChI is InChI=1S/C19H21F2N3O/c1-22-18(25)19(23-17-7-3-6-16(21)11-17)8-9-24(13-19)12-14-4-2-5-15(20)10-14/h2-7,10-11,23H,8-9,12-13H2,1H3,(H,22,25). The summed E-state index contributed by atoms with van der Waals surface area (Å²) in [5.74, 6) is -0.766. The fourth-order valence-electron chi connectivity index (χ4n) is 3.34. The van der Waals surface area contributed by atoms with Crippen molar-refractivity contribution < 1.29 is 13.6 Å². The van der Waals surface area contributed by atoms with Gasteiger partial charge >= 0.3 is 0 Å². The van der Waals surface area contributed by atoms with Crippen LogP contribution in [-0.2, 0) is 11.3 Å². The largest absolute Gasteiger partial charge is 0.370 e. The van der Waals surface area contributed by atoms with Crippen LogP contribution in [0.3, 0.4) is 0 Å². The SMILES string of the molecule is CNC(=O)C1(Nc2cccc(F)c2)CCN(Cc2cccc(F)c2)C1. The Bertz CT molecular complexity index is 768. The van der Waals surface area contributed by atoms with Crippen molar-refractivity contribution in [3.8, 4) is 0 Å². The van der Waals surface area contributed by atoms with E-state index in [0.29, 0.717) is 31.7 Å². The molecule has 1 unspecified atom stereocenters. The van der Waals surface area contributed by atoms with Crippen molar-refractivity contribution in [1.82, 2.24) is 10.2 Å². The normalized spacial score (nSPS) is 20.4. The Morgan fingerprint density at radius 3 is 2.56 bits per heavy atom. The summed E-state index contributed by atoms with van der Waals surface area (Å²) in [5, 5.41) is 5.90. The molecule has 1 heterocycles. The molecule has 0 spiro atoms. The van der Waals surface area contributed by atoms with Crippen molar-refractivity contribution in [2.24, 2.45) is 0 Å². The maximum atomic E-state index is 13.5. The maximum absolute atomic E-state index is 13.5. The minimum Gasteiger partial charge on any atom is -0.370 e. The van der Waals surface area contributed by atoms with Crippen molar-refractivity contribution in [1.29, 1.82) is 0 Å².